The lowest BCUT2D eigenvalue weighted by atomic mass is 10.4. The first-order valence-electron chi connectivity index (χ1n) is 4.70. The van der Waals surface area contributed by atoms with E-state index in [9.17, 15) is 0 Å². The van der Waals surface area contributed by atoms with Crippen molar-refractivity contribution < 1.29 is 4.43 Å². The molecule has 0 rings (SSSR count). The first-order chi connectivity index (χ1) is 5.52. The molecule has 1 atom stereocenters. The first kappa shape index (κ1) is 13.0. The van der Waals surface area contributed by atoms with Gasteiger partial charge >= 0.3 is 0 Å². The molecule has 0 aromatic rings. The van der Waals surface area contributed by atoms with Gasteiger partial charge in [-0.2, -0.15) is 0 Å². The van der Waals surface area contributed by atoms with Crippen LogP contribution in [0.1, 0.15) is 6.92 Å². The molecule has 0 saturated carbocycles. The molecular formula is C10H22OSi2. The molecule has 1 nitrogen and oxygen atoms in total. The summed E-state index contributed by atoms with van der Waals surface area (Å²) in [5, 5.41) is -0.308. The number of hydrogen-bond donors (Lipinski definition) is 0. The quantitative estimate of drug-likeness (QED) is 0.518. The van der Waals surface area contributed by atoms with Gasteiger partial charge < -0.3 is 4.43 Å². The van der Waals surface area contributed by atoms with Gasteiger partial charge in [-0.05, 0) is 26.6 Å². The monoisotopic (exact) mass is 214 g/mol. The van der Waals surface area contributed by atoms with E-state index in [1.807, 2.05) is 0 Å². The van der Waals surface area contributed by atoms with Gasteiger partial charge in [-0.3, -0.25) is 0 Å². The molecule has 0 radical (unpaired) electrons. The highest BCUT2D eigenvalue weighted by Crippen LogP contribution is 2.27. The van der Waals surface area contributed by atoms with E-state index in [2.05, 4.69) is 52.1 Å². The Morgan fingerprint density at radius 3 is 1.54 bits per heavy atom. The molecule has 13 heavy (non-hydrogen) atoms. The molecule has 0 fully saturated rings. The summed E-state index contributed by atoms with van der Waals surface area (Å²) in [5.41, 5.74) is 0. The lowest BCUT2D eigenvalue weighted by Gasteiger charge is -2.40. The van der Waals surface area contributed by atoms with Crippen LogP contribution in [0.25, 0.3) is 0 Å². The fourth-order valence-electron chi connectivity index (χ4n) is 1.01. The van der Waals surface area contributed by atoms with Crippen LogP contribution < -0.4 is 0 Å². The fraction of sp³-hybridized carbons (Fsp3) is 0.800. The maximum atomic E-state index is 6.10. The van der Waals surface area contributed by atoms with Crippen LogP contribution in [0.15, 0.2) is 0 Å². The molecule has 0 N–H and O–H groups in total. The fourth-order valence-corrected chi connectivity index (χ4v) is 4.87. The largest absolute Gasteiger partial charge is 0.405 e. The minimum atomic E-state index is -1.53. The average Bonchev–Trinajstić information content (AvgIpc) is 1.81. The standard InChI is InChI=1S/C10H22OSi2/c1-9-10(2,12(3,4)5)11-13(6,7)8/h1H,2-8H3. The second-order valence-corrected chi connectivity index (χ2v) is 15.5. The van der Waals surface area contributed by atoms with Crippen molar-refractivity contribution in [3.8, 4) is 12.3 Å². The van der Waals surface area contributed by atoms with Crippen molar-refractivity contribution in [1.29, 1.82) is 0 Å². The van der Waals surface area contributed by atoms with Gasteiger partial charge in [-0.15, -0.1) is 6.42 Å². The third-order valence-electron chi connectivity index (χ3n) is 2.22. The highest BCUT2D eigenvalue weighted by molar-refractivity contribution is 6.81. The second kappa shape index (κ2) is 3.60. The topological polar surface area (TPSA) is 9.23 Å². The van der Waals surface area contributed by atoms with Crippen LogP contribution in [-0.2, 0) is 4.43 Å². The van der Waals surface area contributed by atoms with E-state index in [1.54, 1.807) is 0 Å². The predicted octanol–water partition coefficient (Wildman–Crippen LogP) is 3.11. The maximum Gasteiger partial charge on any atom is 0.185 e. The lowest BCUT2D eigenvalue weighted by molar-refractivity contribution is 0.217. The van der Waals surface area contributed by atoms with Gasteiger partial charge in [0.1, 0.15) is 5.22 Å². The SMILES string of the molecule is C#CC(C)(O[Si](C)(C)C)[Si](C)(C)C. The summed E-state index contributed by atoms with van der Waals surface area (Å²) in [7, 11) is -2.98. The summed E-state index contributed by atoms with van der Waals surface area (Å²) in [6.45, 7) is 15.4. The van der Waals surface area contributed by atoms with Gasteiger partial charge in [0.25, 0.3) is 0 Å². The smallest absolute Gasteiger partial charge is 0.185 e. The Labute approximate surface area is 85.0 Å². The maximum absolute atomic E-state index is 6.10. The molecule has 76 valence electrons. The number of terminal acetylenes is 1. The van der Waals surface area contributed by atoms with E-state index in [0.29, 0.717) is 0 Å². The highest BCUT2D eigenvalue weighted by Gasteiger charge is 2.41. The van der Waals surface area contributed by atoms with Crippen LogP contribution in [0, 0.1) is 12.3 Å². The van der Waals surface area contributed by atoms with Crippen molar-refractivity contribution in [2.45, 2.75) is 51.4 Å². The van der Waals surface area contributed by atoms with Crippen molar-refractivity contribution in [3.05, 3.63) is 0 Å². The molecule has 0 aromatic heterocycles. The minimum absolute atomic E-state index is 0.308. The van der Waals surface area contributed by atoms with Crippen molar-refractivity contribution in [1.82, 2.24) is 0 Å². The summed E-state index contributed by atoms with van der Waals surface area (Å²) in [6, 6.07) is 0. The van der Waals surface area contributed by atoms with E-state index in [0.717, 1.165) is 0 Å². The van der Waals surface area contributed by atoms with Crippen molar-refractivity contribution in [3.63, 3.8) is 0 Å². The third-order valence-corrected chi connectivity index (χ3v) is 6.55. The van der Waals surface area contributed by atoms with Crippen LogP contribution in [0.3, 0.4) is 0 Å². The van der Waals surface area contributed by atoms with Gasteiger partial charge in [0, 0.05) is 0 Å². The Kier molecular flexibility index (Phi) is 3.59. The van der Waals surface area contributed by atoms with Gasteiger partial charge in [0.15, 0.2) is 8.32 Å². The van der Waals surface area contributed by atoms with Crippen molar-refractivity contribution in [2.24, 2.45) is 0 Å². The van der Waals surface area contributed by atoms with Gasteiger partial charge in [-0.25, -0.2) is 0 Å². The van der Waals surface area contributed by atoms with Crippen molar-refractivity contribution in [2.75, 3.05) is 0 Å². The first-order valence-corrected chi connectivity index (χ1v) is 11.6. The molecule has 0 aliphatic heterocycles. The summed E-state index contributed by atoms with van der Waals surface area (Å²) < 4.78 is 6.10. The van der Waals surface area contributed by atoms with E-state index in [-0.39, 0.29) is 5.22 Å². The minimum Gasteiger partial charge on any atom is -0.405 e. The molecule has 0 aliphatic carbocycles. The summed E-state index contributed by atoms with van der Waals surface area (Å²) in [6.07, 6.45) is 5.58. The Morgan fingerprint density at radius 2 is 1.46 bits per heavy atom. The highest BCUT2D eigenvalue weighted by atomic mass is 28.4. The normalized spacial score (nSPS) is 17.7. The Bertz CT molecular complexity index is 217. The predicted molar refractivity (Wildman–Crippen MR) is 65.0 cm³/mol. The molecule has 0 spiro atoms. The zero-order valence-corrected chi connectivity index (χ0v) is 12.0. The van der Waals surface area contributed by atoms with Gasteiger partial charge in [0.2, 0.25) is 0 Å². The van der Waals surface area contributed by atoms with Crippen molar-refractivity contribution >= 4 is 16.4 Å². The molecule has 0 aliphatic rings. The summed E-state index contributed by atoms with van der Waals surface area (Å²) in [4.78, 5) is 0. The Morgan fingerprint density at radius 1 is 1.08 bits per heavy atom. The van der Waals surface area contributed by atoms with Crippen LogP contribution in [0.2, 0.25) is 39.3 Å². The van der Waals surface area contributed by atoms with Crippen LogP contribution >= 0.6 is 0 Å². The molecule has 0 heterocycles. The average molecular weight is 214 g/mol. The Balaban J connectivity index is 4.81. The molecule has 1 unspecified atom stereocenters. The van der Waals surface area contributed by atoms with Gasteiger partial charge in [0.05, 0.1) is 8.07 Å². The van der Waals surface area contributed by atoms with E-state index in [1.165, 1.54) is 0 Å². The van der Waals surface area contributed by atoms with Crippen LogP contribution in [0.4, 0.5) is 0 Å². The van der Waals surface area contributed by atoms with Crippen LogP contribution in [-0.4, -0.2) is 21.6 Å². The third kappa shape index (κ3) is 3.67. The lowest BCUT2D eigenvalue weighted by Crippen LogP contribution is -2.55. The number of hydrogen-bond acceptors (Lipinski definition) is 1. The molecule has 3 heteroatoms. The zero-order chi connectivity index (χ0) is 10.9. The zero-order valence-electron chi connectivity index (χ0n) is 9.99. The molecule has 0 saturated heterocycles. The molecule has 0 aromatic carbocycles. The molecule has 0 bridgehead atoms. The van der Waals surface area contributed by atoms with Gasteiger partial charge in [-0.1, -0.05) is 25.6 Å². The second-order valence-electron chi connectivity index (χ2n) is 5.64. The van der Waals surface area contributed by atoms with E-state index in [4.69, 9.17) is 10.8 Å². The Hall–Kier alpha value is -0.0462. The van der Waals surface area contributed by atoms with E-state index >= 15 is 0 Å². The van der Waals surface area contributed by atoms with E-state index < -0.39 is 16.4 Å². The molecule has 0 amide bonds. The molecular weight excluding hydrogens is 192 g/mol. The summed E-state index contributed by atoms with van der Waals surface area (Å²) >= 11 is 0. The summed E-state index contributed by atoms with van der Waals surface area (Å²) in [5.74, 6) is 2.85. The number of rotatable bonds is 3. The van der Waals surface area contributed by atoms with Crippen LogP contribution in [0.5, 0.6) is 0 Å².